The van der Waals surface area contributed by atoms with Crippen molar-refractivity contribution < 1.29 is 9.53 Å². The number of fused-ring (bicyclic) bond motifs is 1. The summed E-state index contributed by atoms with van der Waals surface area (Å²) in [6.07, 6.45) is 1.61. The third kappa shape index (κ3) is 3.89. The van der Waals surface area contributed by atoms with Gasteiger partial charge in [0.05, 0.1) is 13.3 Å². The van der Waals surface area contributed by atoms with Crippen LogP contribution in [0.4, 0.5) is 10.5 Å². The molecule has 5 nitrogen and oxygen atoms in total. The van der Waals surface area contributed by atoms with Crippen molar-refractivity contribution in [1.29, 1.82) is 0 Å². The summed E-state index contributed by atoms with van der Waals surface area (Å²) in [6.45, 7) is 0. The van der Waals surface area contributed by atoms with E-state index in [1.807, 2.05) is 54.6 Å². The highest BCUT2D eigenvalue weighted by molar-refractivity contribution is 5.93. The zero-order valence-corrected chi connectivity index (χ0v) is 13.2. The Bertz CT molecular complexity index is 876. The Morgan fingerprint density at radius 2 is 1.75 bits per heavy atom. The molecule has 0 saturated heterocycles. The number of anilines is 1. The Labute approximate surface area is 140 Å². The van der Waals surface area contributed by atoms with Crippen LogP contribution in [0.5, 0.6) is 5.75 Å². The van der Waals surface area contributed by atoms with E-state index in [0.717, 1.165) is 22.1 Å². The Morgan fingerprint density at radius 1 is 1.00 bits per heavy atom. The first-order chi connectivity index (χ1) is 11.7. The topological polar surface area (TPSA) is 62.7 Å². The van der Waals surface area contributed by atoms with Gasteiger partial charge in [-0.25, -0.2) is 10.2 Å². The normalized spacial score (nSPS) is 10.7. The number of urea groups is 1. The minimum Gasteiger partial charge on any atom is -0.497 e. The Morgan fingerprint density at radius 3 is 2.54 bits per heavy atom. The summed E-state index contributed by atoms with van der Waals surface area (Å²) in [5.74, 6) is 0.822. The van der Waals surface area contributed by atoms with Crippen molar-refractivity contribution in [2.24, 2.45) is 5.10 Å². The Hall–Kier alpha value is -3.34. The van der Waals surface area contributed by atoms with Gasteiger partial charge in [-0.3, -0.25) is 0 Å². The second kappa shape index (κ2) is 7.28. The lowest BCUT2D eigenvalue weighted by Crippen LogP contribution is -2.24. The van der Waals surface area contributed by atoms with Gasteiger partial charge in [-0.05, 0) is 46.7 Å². The molecule has 0 radical (unpaired) electrons. The number of nitrogens with one attached hydrogen (secondary N) is 2. The molecule has 2 amide bonds. The van der Waals surface area contributed by atoms with E-state index in [1.165, 1.54) is 0 Å². The molecule has 0 aliphatic rings. The van der Waals surface area contributed by atoms with Gasteiger partial charge in [0.25, 0.3) is 0 Å². The second-order valence-electron chi connectivity index (χ2n) is 5.16. The summed E-state index contributed by atoms with van der Waals surface area (Å²) in [4.78, 5) is 11.7. The fraction of sp³-hybridized carbons (Fsp3) is 0.0526. The number of hydrogen-bond acceptors (Lipinski definition) is 3. The summed E-state index contributed by atoms with van der Waals surface area (Å²) in [5, 5.41) is 8.82. The van der Waals surface area contributed by atoms with Crippen molar-refractivity contribution in [3.05, 3.63) is 72.3 Å². The molecule has 0 spiro atoms. The number of benzene rings is 3. The Kier molecular flexibility index (Phi) is 4.72. The van der Waals surface area contributed by atoms with Crippen LogP contribution in [-0.2, 0) is 0 Å². The second-order valence-corrected chi connectivity index (χ2v) is 5.16. The van der Waals surface area contributed by atoms with E-state index in [4.69, 9.17) is 4.74 Å². The number of amides is 2. The van der Waals surface area contributed by atoms with Crippen LogP contribution < -0.4 is 15.5 Å². The Balaban J connectivity index is 1.64. The molecule has 0 aliphatic heterocycles. The predicted molar refractivity (Wildman–Crippen MR) is 96.7 cm³/mol. The zero-order chi connectivity index (χ0) is 16.8. The van der Waals surface area contributed by atoms with Crippen LogP contribution in [0, 0.1) is 0 Å². The third-order valence-electron chi connectivity index (χ3n) is 3.48. The SMILES string of the molecule is COc1ccc2cc(/C=N/NC(=O)Nc3ccccc3)ccc2c1. The van der Waals surface area contributed by atoms with E-state index in [-0.39, 0.29) is 6.03 Å². The number of para-hydroxylation sites is 1. The lowest BCUT2D eigenvalue weighted by molar-refractivity contribution is 0.252. The number of carbonyl (C=O) groups excluding carboxylic acids is 1. The standard InChI is InChI=1S/C19H17N3O2/c1-24-18-10-9-15-11-14(7-8-16(15)12-18)13-20-22-19(23)21-17-5-3-2-4-6-17/h2-13H,1H3,(H2,21,22,23)/b20-13+. The van der Waals surface area contributed by atoms with Crippen LogP contribution in [-0.4, -0.2) is 19.4 Å². The van der Waals surface area contributed by atoms with E-state index >= 15 is 0 Å². The monoisotopic (exact) mass is 319 g/mol. The molecule has 0 aromatic heterocycles. The van der Waals surface area contributed by atoms with Crippen LogP contribution >= 0.6 is 0 Å². The zero-order valence-electron chi connectivity index (χ0n) is 13.2. The molecular formula is C19H17N3O2. The molecule has 0 heterocycles. The van der Waals surface area contributed by atoms with Gasteiger partial charge in [0.1, 0.15) is 5.75 Å². The smallest absolute Gasteiger partial charge is 0.339 e. The number of rotatable bonds is 4. The summed E-state index contributed by atoms with van der Waals surface area (Å²) in [6, 6.07) is 20.6. The summed E-state index contributed by atoms with van der Waals surface area (Å²) < 4.78 is 5.21. The average Bonchev–Trinajstić information content (AvgIpc) is 2.62. The molecule has 3 aromatic carbocycles. The lowest BCUT2D eigenvalue weighted by atomic mass is 10.1. The minimum absolute atomic E-state index is 0.386. The molecular weight excluding hydrogens is 302 g/mol. The van der Waals surface area contributed by atoms with Gasteiger partial charge in [0.15, 0.2) is 0 Å². The van der Waals surface area contributed by atoms with E-state index in [0.29, 0.717) is 5.69 Å². The van der Waals surface area contributed by atoms with E-state index < -0.39 is 0 Å². The van der Waals surface area contributed by atoms with Crippen molar-refractivity contribution in [2.75, 3.05) is 12.4 Å². The van der Waals surface area contributed by atoms with Crippen molar-refractivity contribution in [3.63, 3.8) is 0 Å². The van der Waals surface area contributed by atoms with Crippen molar-refractivity contribution in [1.82, 2.24) is 5.43 Å². The number of hydrogen-bond donors (Lipinski definition) is 2. The average molecular weight is 319 g/mol. The van der Waals surface area contributed by atoms with Crippen LogP contribution in [0.25, 0.3) is 10.8 Å². The fourth-order valence-corrected chi connectivity index (χ4v) is 2.30. The number of hydrazone groups is 1. The lowest BCUT2D eigenvalue weighted by Gasteiger charge is -2.04. The molecule has 0 unspecified atom stereocenters. The molecule has 24 heavy (non-hydrogen) atoms. The van der Waals surface area contributed by atoms with Gasteiger partial charge in [-0.2, -0.15) is 5.10 Å². The van der Waals surface area contributed by atoms with Crippen molar-refractivity contribution in [2.45, 2.75) is 0 Å². The van der Waals surface area contributed by atoms with Crippen molar-refractivity contribution in [3.8, 4) is 5.75 Å². The van der Waals surface area contributed by atoms with Crippen molar-refractivity contribution >= 4 is 28.7 Å². The molecule has 3 rings (SSSR count). The first-order valence-electron chi connectivity index (χ1n) is 7.47. The van der Waals surface area contributed by atoms with Gasteiger partial charge in [-0.1, -0.05) is 36.4 Å². The molecule has 0 atom stereocenters. The number of carbonyl (C=O) groups is 1. The highest BCUT2D eigenvalue weighted by Crippen LogP contribution is 2.21. The molecule has 120 valence electrons. The first kappa shape index (κ1) is 15.6. The first-order valence-corrected chi connectivity index (χ1v) is 7.47. The molecule has 3 aromatic rings. The molecule has 0 aliphatic carbocycles. The van der Waals surface area contributed by atoms with Crippen LogP contribution in [0.2, 0.25) is 0 Å². The molecule has 0 bridgehead atoms. The highest BCUT2D eigenvalue weighted by atomic mass is 16.5. The predicted octanol–water partition coefficient (Wildman–Crippen LogP) is 4.00. The molecule has 0 saturated carbocycles. The van der Waals surface area contributed by atoms with Gasteiger partial charge in [0.2, 0.25) is 0 Å². The summed E-state index contributed by atoms with van der Waals surface area (Å²) >= 11 is 0. The maximum absolute atomic E-state index is 11.7. The maximum Gasteiger partial charge on any atom is 0.339 e. The van der Waals surface area contributed by atoms with Gasteiger partial charge in [-0.15, -0.1) is 0 Å². The van der Waals surface area contributed by atoms with Crippen LogP contribution in [0.3, 0.4) is 0 Å². The minimum atomic E-state index is -0.386. The quantitative estimate of drug-likeness (QED) is 0.564. The number of methoxy groups -OCH3 is 1. The molecule has 2 N–H and O–H groups in total. The van der Waals surface area contributed by atoms with Crippen LogP contribution in [0.1, 0.15) is 5.56 Å². The number of ether oxygens (including phenoxy) is 1. The molecule has 5 heteroatoms. The maximum atomic E-state index is 11.7. The summed E-state index contributed by atoms with van der Waals surface area (Å²) in [5.41, 5.74) is 4.05. The van der Waals surface area contributed by atoms with Gasteiger partial charge in [0, 0.05) is 5.69 Å². The van der Waals surface area contributed by atoms with E-state index in [9.17, 15) is 4.79 Å². The van der Waals surface area contributed by atoms with Gasteiger partial charge < -0.3 is 10.1 Å². The van der Waals surface area contributed by atoms with Gasteiger partial charge >= 0.3 is 6.03 Å². The highest BCUT2D eigenvalue weighted by Gasteiger charge is 1.99. The molecule has 0 fully saturated rings. The van der Waals surface area contributed by atoms with Crippen LogP contribution in [0.15, 0.2) is 71.8 Å². The largest absolute Gasteiger partial charge is 0.497 e. The number of nitrogens with zero attached hydrogens (tertiary/aromatic N) is 1. The van der Waals surface area contributed by atoms with E-state index in [1.54, 1.807) is 25.5 Å². The van der Waals surface area contributed by atoms with E-state index in [2.05, 4.69) is 15.8 Å². The summed E-state index contributed by atoms with van der Waals surface area (Å²) in [7, 11) is 1.65. The third-order valence-corrected chi connectivity index (χ3v) is 3.48. The fourth-order valence-electron chi connectivity index (χ4n) is 2.30.